The van der Waals surface area contributed by atoms with E-state index in [1.165, 1.54) is 12.1 Å². The van der Waals surface area contributed by atoms with Gasteiger partial charge in [0.2, 0.25) is 11.8 Å². The van der Waals surface area contributed by atoms with Crippen LogP contribution in [0.2, 0.25) is 5.02 Å². The number of rotatable bonds is 6. The molecule has 2 unspecified atom stereocenters. The number of hydrogen-bond acceptors (Lipinski definition) is 5. The molecule has 236 valence electrons. The van der Waals surface area contributed by atoms with Gasteiger partial charge in [0, 0.05) is 34.9 Å². The second-order valence-corrected chi connectivity index (χ2v) is 15.5. The molecule has 0 saturated carbocycles. The van der Waals surface area contributed by atoms with Crippen LogP contribution in [0.25, 0.3) is 10.1 Å². The van der Waals surface area contributed by atoms with Crippen molar-refractivity contribution in [2.24, 2.45) is 5.41 Å². The molecule has 3 amide bonds. The zero-order valence-corrected chi connectivity index (χ0v) is 26.8. The van der Waals surface area contributed by atoms with Crippen molar-refractivity contribution in [1.82, 2.24) is 15.1 Å². The van der Waals surface area contributed by atoms with Crippen molar-refractivity contribution in [1.29, 1.82) is 0 Å². The summed E-state index contributed by atoms with van der Waals surface area (Å²) < 4.78 is 40.3. The third-order valence-corrected chi connectivity index (χ3v) is 10.5. The van der Waals surface area contributed by atoms with E-state index in [2.05, 4.69) is 5.32 Å². The standard InChI is InChI=1S/C30H33ClF2N3O6PS/c1-29(2,3)25(34-26(37)24-15-18-13-20(7-9-23(18)44-24)30(32,33)43(40,41)42)28(39)36-11-4-5-22(36)27(38)35-12-10-17-6-8-21(31)14-19(17)16-35/h6-9,13-15,22,25H,4-5,10-12,16H2,1-3H3,(H,34,37)(H2,40,41,42). The monoisotopic (exact) mass is 667 g/mol. The molecule has 2 aromatic carbocycles. The topological polar surface area (TPSA) is 127 Å². The molecule has 3 aromatic rings. The molecule has 1 aromatic heterocycles. The number of carbonyl (C=O) groups is 3. The molecule has 0 radical (unpaired) electrons. The number of amides is 3. The SMILES string of the molecule is CC(C)(C)C(NC(=O)c1cc2cc(C(F)(F)P(=O)(O)O)ccc2s1)C(=O)N1CCCC1C(=O)N1CCc2ccc(Cl)cc2C1. The Morgan fingerprint density at radius 1 is 1.07 bits per heavy atom. The number of nitrogens with zero attached hydrogens (tertiary/aromatic N) is 2. The molecule has 2 atom stereocenters. The maximum Gasteiger partial charge on any atom is 0.399 e. The molecule has 9 nitrogen and oxygen atoms in total. The zero-order valence-electron chi connectivity index (χ0n) is 24.3. The van der Waals surface area contributed by atoms with E-state index in [1.807, 2.05) is 18.2 Å². The average molecular weight is 668 g/mol. The molecule has 1 saturated heterocycles. The van der Waals surface area contributed by atoms with E-state index in [4.69, 9.17) is 21.4 Å². The number of thiophene rings is 1. The summed E-state index contributed by atoms with van der Waals surface area (Å²) in [4.78, 5) is 62.7. The van der Waals surface area contributed by atoms with Crippen LogP contribution in [-0.2, 0) is 32.8 Å². The summed E-state index contributed by atoms with van der Waals surface area (Å²) in [6.07, 6.45) is 1.83. The van der Waals surface area contributed by atoms with Gasteiger partial charge in [-0.25, -0.2) is 0 Å². The number of fused-ring (bicyclic) bond motifs is 2. The molecule has 14 heteroatoms. The van der Waals surface area contributed by atoms with Crippen LogP contribution in [0.1, 0.15) is 60.0 Å². The van der Waals surface area contributed by atoms with Gasteiger partial charge >= 0.3 is 13.3 Å². The smallest absolute Gasteiger partial charge is 0.339 e. The quantitative estimate of drug-likeness (QED) is 0.298. The lowest BCUT2D eigenvalue weighted by molar-refractivity contribution is -0.146. The number of alkyl halides is 2. The maximum absolute atomic E-state index is 14.3. The summed E-state index contributed by atoms with van der Waals surface area (Å²) >= 11 is 7.18. The predicted molar refractivity (Wildman–Crippen MR) is 164 cm³/mol. The number of hydrogen-bond donors (Lipinski definition) is 3. The Hall–Kier alpha value is -2.89. The minimum absolute atomic E-state index is 0.137. The van der Waals surface area contributed by atoms with E-state index in [0.29, 0.717) is 48.6 Å². The summed E-state index contributed by atoms with van der Waals surface area (Å²) in [5.41, 5.74) is -3.87. The van der Waals surface area contributed by atoms with E-state index >= 15 is 0 Å². The third-order valence-electron chi connectivity index (χ3n) is 8.15. The molecule has 0 bridgehead atoms. The van der Waals surface area contributed by atoms with Crippen molar-refractivity contribution in [2.75, 3.05) is 13.1 Å². The van der Waals surface area contributed by atoms with E-state index in [0.717, 1.165) is 34.6 Å². The number of nitrogens with one attached hydrogen (secondary N) is 1. The molecule has 0 spiro atoms. The molecule has 3 heterocycles. The van der Waals surface area contributed by atoms with Gasteiger partial charge in [-0.2, -0.15) is 8.78 Å². The van der Waals surface area contributed by atoms with Crippen LogP contribution < -0.4 is 5.32 Å². The van der Waals surface area contributed by atoms with Crippen LogP contribution in [0.3, 0.4) is 0 Å². The van der Waals surface area contributed by atoms with E-state index < -0.39 is 42.2 Å². The van der Waals surface area contributed by atoms with Crippen LogP contribution in [0.5, 0.6) is 0 Å². The Kier molecular flexibility index (Phi) is 8.72. The van der Waals surface area contributed by atoms with Crippen LogP contribution in [0, 0.1) is 5.41 Å². The number of benzene rings is 2. The zero-order chi connectivity index (χ0) is 32.2. The van der Waals surface area contributed by atoms with Gasteiger partial charge in [-0.3, -0.25) is 18.9 Å². The van der Waals surface area contributed by atoms with Gasteiger partial charge in [-0.05, 0) is 71.5 Å². The fourth-order valence-electron chi connectivity index (χ4n) is 5.74. The Labute approximate surface area is 262 Å². The normalized spacial score (nSPS) is 18.3. The summed E-state index contributed by atoms with van der Waals surface area (Å²) in [5, 5.41) is 3.61. The highest BCUT2D eigenvalue weighted by Gasteiger charge is 2.50. The first-order valence-electron chi connectivity index (χ1n) is 14.1. The summed E-state index contributed by atoms with van der Waals surface area (Å²) in [7, 11) is -5.76. The summed E-state index contributed by atoms with van der Waals surface area (Å²) in [6, 6.07) is 8.48. The first-order chi connectivity index (χ1) is 20.5. The highest BCUT2D eigenvalue weighted by atomic mass is 35.5. The molecule has 1 fully saturated rings. The van der Waals surface area contributed by atoms with Crippen LogP contribution in [-0.4, -0.2) is 62.5 Å². The predicted octanol–water partition coefficient (Wildman–Crippen LogP) is 5.50. The van der Waals surface area contributed by atoms with Crippen molar-refractivity contribution in [3.05, 3.63) is 69.1 Å². The minimum Gasteiger partial charge on any atom is -0.339 e. The third kappa shape index (κ3) is 6.28. The van der Waals surface area contributed by atoms with E-state index in [-0.39, 0.29) is 22.1 Å². The van der Waals surface area contributed by atoms with Crippen molar-refractivity contribution in [3.8, 4) is 0 Å². The van der Waals surface area contributed by atoms with E-state index in [9.17, 15) is 27.7 Å². The van der Waals surface area contributed by atoms with E-state index in [1.54, 1.807) is 30.6 Å². The average Bonchev–Trinajstić information content (AvgIpc) is 3.60. The molecule has 44 heavy (non-hydrogen) atoms. The Morgan fingerprint density at radius 2 is 1.80 bits per heavy atom. The molecule has 2 aliphatic heterocycles. The molecule has 3 N–H and O–H groups in total. The van der Waals surface area contributed by atoms with Gasteiger partial charge in [0.05, 0.1) is 4.88 Å². The van der Waals surface area contributed by atoms with Gasteiger partial charge in [0.15, 0.2) is 0 Å². The van der Waals surface area contributed by atoms with Crippen LogP contribution in [0.15, 0.2) is 42.5 Å². The Bertz CT molecular complexity index is 1690. The number of carbonyl (C=O) groups excluding carboxylic acids is 3. The lowest BCUT2D eigenvalue weighted by atomic mass is 9.85. The Morgan fingerprint density at radius 3 is 2.48 bits per heavy atom. The Balaban J connectivity index is 1.34. The van der Waals surface area contributed by atoms with Crippen molar-refractivity contribution >= 4 is 58.3 Å². The maximum atomic E-state index is 14.3. The van der Waals surface area contributed by atoms with Gasteiger partial charge in [-0.15, -0.1) is 11.3 Å². The molecular weight excluding hydrogens is 635 g/mol. The minimum atomic E-state index is -5.76. The van der Waals surface area contributed by atoms with Gasteiger partial charge < -0.3 is 24.9 Å². The number of halogens is 3. The lowest BCUT2D eigenvalue weighted by Gasteiger charge is -2.37. The fraction of sp³-hybridized carbons (Fsp3) is 0.433. The molecule has 2 aliphatic rings. The fourth-order valence-corrected chi connectivity index (χ4v) is 7.36. The van der Waals surface area contributed by atoms with Crippen LogP contribution in [0.4, 0.5) is 8.78 Å². The molecule has 0 aliphatic carbocycles. The van der Waals surface area contributed by atoms with Gasteiger partial charge in [0.1, 0.15) is 12.1 Å². The second-order valence-electron chi connectivity index (χ2n) is 12.3. The lowest BCUT2D eigenvalue weighted by Crippen LogP contribution is -2.58. The second kappa shape index (κ2) is 11.8. The summed E-state index contributed by atoms with van der Waals surface area (Å²) in [6.45, 7) is 6.70. The van der Waals surface area contributed by atoms with Crippen molar-refractivity contribution in [2.45, 2.75) is 64.3 Å². The largest absolute Gasteiger partial charge is 0.399 e. The molecule has 5 rings (SSSR count). The first-order valence-corrected chi connectivity index (χ1v) is 16.9. The summed E-state index contributed by atoms with van der Waals surface area (Å²) in [5.74, 6) is -1.13. The van der Waals surface area contributed by atoms with Crippen molar-refractivity contribution in [3.63, 3.8) is 0 Å². The first kappa shape index (κ1) is 32.5. The van der Waals surface area contributed by atoms with Gasteiger partial charge in [0.25, 0.3) is 5.91 Å². The van der Waals surface area contributed by atoms with Crippen molar-refractivity contribution < 1.29 is 37.5 Å². The highest BCUT2D eigenvalue weighted by molar-refractivity contribution is 7.52. The van der Waals surface area contributed by atoms with Crippen LogP contribution >= 0.6 is 30.5 Å². The molecular formula is C30H33ClF2N3O6PS. The number of likely N-dealkylation sites (tertiary alicyclic amines) is 1. The highest BCUT2D eigenvalue weighted by Crippen LogP contribution is 2.59. The van der Waals surface area contributed by atoms with Gasteiger partial charge in [-0.1, -0.05) is 44.5 Å².